The van der Waals surface area contributed by atoms with Crippen molar-refractivity contribution in [1.29, 1.82) is 0 Å². The molecule has 2 aromatic carbocycles. The average Bonchev–Trinajstić information content (AvgIpc) is 3.02. The molecular formula is C19H19ClN2S. The fourth-order valence-corrected chi connectivity index (χ4v) is 4.53. The molecule has 0 atom stereocenters. The molecule has 0 bridgehead atoms. The second kappa shape index (κ2) is 6.50. The Morgan fingerprint density at radius 1 is 1.04 bits per heavy atom. The molecule has 0 radical (unpaired) electrons. The molecule has 2 nitrogen and oxygen atoms in total. The monoisotopic (exact) mass is 342 g/mol. The maximum atomic E-state index is 6.29. The molecule has 0 N–H and O–H groups in total. The van der Waals surface area contributed by atoms with Crippen LogP contribution in [0.1, 0.15) is 18.4 Å². The van der Waals surface area contributed by atoms with E-state index >= 15 is 0 Å². The standard InChI is InChI=1S/C19H19ClN2S/c20-16-6-2-1-5-15(16)13-14-9-11-22(12-10-14)19-21-17-7-3-4-8-18(17)23-19/h1-8,14H,9-13H2. The smallest absolute Gasteiger partial charge is 0.186 e. The highest BCUT2D eigenvalue weighted by Gasteiger charge is 2.22. The van der Waals surface area contributed by atoms with Crippen molar-refractivity contribution in [2.75, 3.05) is 18.0 Å². The lowest BCUT2D eigenvalue weighted by Gasteiger charge is -2.31. The molecule has 0 aliphatic carbocycles. The largest absolute Gasteiger partial charge is 0.348 e. The second-order valence-corrected chi connectivity index (χ2v) is 7.61. The van der Waals surface area contributed by atoms with Crippen LogP contribution in [-0.4, -0.2) is 18.1 Å². The van der Waals surface area contributed by atoms with Crippen LogP contribution in [0.25, 0.3) is 10.2 Å². The lowest BCUT2D eigenvalue weighted by molar-refractivity contribution is 0.403. The van der Waals surface area contributed by atoms with Crippen LogP contribution in [0.15, 0.2) is 48.5 Å². The van der Waals surface area contributed by atoms with Crippen LogP contribution in [0.4, 0.5) is 5.13 Å². The lowest BCUT2D eigenvalue weighted by atomic mass is 9.90. The minimum Gasteiger partial charge on any atom is -0.348 e. The number of fused-ring (bicyclic) bond motifs is 1. The van der Waals surface area contributed by atoms with Gasteiger partial charge in [-0.3, -0.25) is 0 Å². The summed E-state index contributed by atoms with van der Waals surface area (Å²) in [7, 11) is 0. The fourth-order valence-electron chi connectivity index (χ4n) is 3.30. The van der Waals surface area contributed by atoms with Gasteiger partial charge in [-0.05, 0) is 48.9 Å². The van der Waals surface area contributed by atoms with Gasteiger partial charge in [-0.25, -0.2) is 4.98 Å². The number of para-hydroxylation sites is 1. The Balaban J connectivity index is 1.41. The van der Waals surface area contributed by atoms with E-state index in [1.54, 1.807) is 11.3 Å². The van der Waals surface area contributed by atoms with E-state index < -0.39 is 0 Å². The number of anilines is 1. The summed E-state index contributed by atoms with van der Waals surface area (Å²) in [5, 5.41) is 2.07. The van der Waals surface area contributed by atoms with E-state index in [1.165, 1.54) is 28.2 Å². The number of hydrogen-bond donors (Lipinski definition) is 0. The maximum Gasteiger partial charge on any atom is 0.186 e. The highest BCUT2D eigenvalue weighted by Crippen LogP contribution is 2.32. The Morgan fingerprint density at radius 2 is 1.78 bits per heavy atom. The molecule has 1 aliphatic heterocycles. The van der Waals surface area contributed by atoms with Crippen molar-refractivity contribution in [3.05, 3.63) is 59.1 Å². The van der Waals surface area contributed by atoms with E-state index in [9.17, 15) is 0 Å². The van der Waals surface area contributed by atoms with E-state index in [-0.39, 0.29) is 0 Å². The van der Waals surface area contributed by atoms with E-state index in [1.807, 2.05) is 12.1 Å². The Bertz CT molecular complexity index is 773. The summed E-state index contributed by atoms with van der Waals surface area (Å²) in [5.74, 6) is 0.723. The van der Waals surface area contributed by atoms with Crippen LogP contribution in [0.5, 0.6) is 0 Å². The topological polar surface area (TPSA) is 16.1 Å². The summed E-state index contributed by atoms with van der Waals surface area (Å²) in [6, 6.07) is 16.6. The van der Waals surface area contributed by atoms with Crippen molar-refractivity contribution in [1.82, 2.24) is 4.98 Å². The third-order valence-corrected chi connectivity index (χ3v) is 6.10. The highest BCUT2D eigenvalue weighted by molar-refractivity contribution is 7.22. The Kier molecular flexibility index (Phi) is 4.23. The molecule has 4 heteroatoms. The molecule has 4 rings (SSSR count). The van der Waals surface area contributed by atoms with E-state index in [4.69, 9.17) is 16.6 Å². The summed E-state index contributed by atoms with van der Waals surface area (Å²) in [5.41, 5.74) is 2.40. The van der Waals surface area contributed by atoms with Gasteiger partial charge in [-0.1, -0.05) is 53.3 Å². The third kappa shape index (κ3) is 3.22. The molecule has 0 saturated carbocycles. The first-order valence-corrected chi connectivity index (χ1v) is 9.33. The van der Waals surface area contributed by atoms with Crippen LogP contribution in [-0.2, 0) is 6.42 Å². The molecule has 0 amide bonds. The van der Waals surface area contributed by atoms with Gasteiger partial charge >= 0.3 is 0 Å². The predicted octanol–water partition coefficient (Wildman–Crippen LogP) is 5.41. The lowest BCUT2D eigenvalue weighted by Crippen LogP contribution is -2.34. The second-order valence-electron chi connectivity index (χ2n) is 6.19. The Morgan fingerprint density at radius 3 is 2.57 bits per heavy atom. The number of aromatic nitrogens is 1. The third-order valence-electron chi connectivity index (χ3n) is 4.63. The minimum absolute atomic E-state index is 0.723. The van der Waals surface area contributed by atoms with Gasteiger partial charge in [0.15, 0.2) is 5.13 Å². The van der Waals surface area contributed by atoms with Gasteiger partial charge in [0.1, 0.15) is 0 Å². The molecular weight excluding hydrogens is 324 g/mol. The van der Waals surface area contributed by atoms with Crippen LogP contribution >= 0.6 is 22.9 Å². The van der Waals surface area contributed by atoms with Crippen molar-refractivity contribution in [2.24, 2.45) is 5.92 Å². The van der Waals surface area contributed by atoms with E-state index in [0.29, 0.717) is 0 Å². The molecule has 2 heterocycles. The SMILES string of the molecule is Clc1ccccc1CC1CCN(c2nc3ccccc3s2)CC1. The molecule has 0 unspecified atom stereocenters. The Hall–Kier alpha value is -1.58. The van der Waals surface area contributed by atoms with Crippen LogP contribution in [0, 0.1) is 5.92 Å². The van der Waals surface area contributed by atoms with Gasteiger partial charge in [-0.15, -0.1) is 0 Å². The predicted molar refractivity (Wildman–Crippen MR) is 99.7 cm³/mol. The van der Waals surface area contributed by atoms with Gasteiger partial charge in [0.05, 0.1) is 10.2 Å². The quantitative estimate of drug-likeness (QED) is 0.632. The van der Waals surface area contributed by atoms with Crippen molar-refractivity contribution in [3.8, 4) is 0 Å². The zero-order valence-electron chi connectivity index (χ0n) is 12.9. The molecule has 1 fully saturated rings. The van der Waals surface area contributed by atoms with Crippen LogP contribution in [0.2, 0.25) is 5.02 Å². The number of rotatable bonds is 3. The molecule has 0 spiro atoms. The summed E-state index contributed by atoms with van der Waals surface area (Å²) in [6.07, 6.45) is 3.51. The van der Waals surface area contributed by atoms with Crippen molar-refractivity contribution in [2.45, 2.75) is 19.3 Å². The first-order chi connectivity index (χ1) is 11.3. The number of thiazole rings is 1. The van der Waals surface area contributed by atoms with Gasteiger partial charge in [-0.2, -0.15) is 0 Å². The number of nitrogens with zero attached hydrogens (tertiary/aromatic N) is 2. The van der Waals surface area contributed by atoms with Crippen molar-refractivity contribution >= 4 is 38.3 Å². The van der Waals surface area contributed by atoms with E-state index in [0.717, 1.165) is 36.0 Å². The van der Waals surface area contributed by atoms with Crippen LogP contribution < -0.4 is 4.90 Å². The van der Waals surface area contributed by atoms with Gasteiger partial charge in [0.25, 0.3) is 0 Å². The fraction of sp³-hybridized carbons (Fsp3) is 0.316. The maximum absolute atomic E-state index is 6.29. The summed E-state index contributed by atoms with van der Waals surface area (Å²) in [4.78, 5) is 7.22. The van der Waals surface area contributed by atoms with Crippen LogP contribution in [0.3, 0.4) is 0 Å². The van der Waals surface area contributed by atoms with Gasteiger partial charge in [0.2, 0.25) is 0 Å². The average molecular weight is 343 g/mol. The molecule has 118 valence electrons. The first kappa shape index (κ1) is 15.0. The van der Waals surface area contributed by atoms with Gasteiger partial charge < -0.3 is 4.90 Å². The highest BCUT2D eigenvalue weighted by atomic mass is 35.5. The van der Waals surface area contributed by atoms with E-state index in [2.05, 4.69) is 41.3 Å². The zero-order chi connectivity index (χ0) is 15.6. The summed E-state index contributed by atoms with van der Waals surface area (Å²) >= 11 is 8.10. The summed E-state index contributed by atoms with van der Waals surface area (Å²) < 4.78 is 1.28. The summed E-state index contributed by atoms with van der Waals surface area (Å²) in [6.45, 7) is 2.18. The molecule has 1 aromatic heterocycles. The minimum atomic E-state index is 0.723. The molecule has 1 aliphatic rings. The Labute approximate surface area is 145 Å². The van der Waals surface area contributed by atoms with Gasteiger partial charge in [0, 0.05) is 18.1 Å². The normalized spacial score (nSPS) is 16.1. The number of piperidine rings is 1. The number of halogens is 1. The number of hydrogen-bond acceptors (Lipinski definition) is 3. The zero-order valence-corrected chi connectivity index (χ0v) is 14.5. The molecule has 1 saturated heterocycles. The molecule has 23 heavy (non-hydrogen) atoms. The van der Waals surface area contributed by atoms with Crippen molar-refractivity contribution < 1.29 is 0 Å². The number of benzene rings is 2. The first-order valence-electron chi connectivity index (χ1n) is 8.13. The van der Waals surface area contributed by atoms with Crippen molar-refractivity contribution in [3.63, 3.8) is 0 Å². The molecule has 3 aromatic rings.